The number of carbonyl (C=O) groups excluding carboxylic acids is 2. The molecule has 3 aromatic rings. The number of benzene rings is 1. The number of nitrogens with one attached hydrogen (secondary N) is 1. The number of phenols is 2. The highest BCUT2D eigenvalue weighted by atomic mass is 19.1. The van der Waals surface area contributed by atoms with Gasteiger partial charge in [-0.05, 0) is 31.7 Å². The lowest BCUT2D eigenvalue weighted by atomic mass is 9.75. The third-order valence-corrected chi connectivity index (χ3v) is 6.12. The van der Waals surface area contributed by atoms with E-state index in [0.29, 0.717) is 31.2 Å². The van der Waals surface area contributed by atoms with Crippen LogP contribution >= 0.6 is 0 Å². The van der Waals surface area contributed by atoms with Gasteiger partial charge in [0.25, 0.3) is 0 Å². The highest BCUT2D eigenvalue weighted by molar-refractivity contribution is 5.95. The molecule has 9 nitrogen and oxygen atoms in total. The van der Waals surface area contributed by atoms with Crippen LogP contribution in [0.3, 0.4) is 0 Å². The number of rotatable bonds is 3. The third-order valence-electron chi connectivity index (χ3n) is 6.12. The molecule has 0 bridgehead atoms. The van der Waals surface area contributed by atoms with Crippen molar-refractivity contribution in [2.45, 2.75) is 31.3 Å². The third kappa shape index (κ3) is 3.24. The maximum atomic E-state index is 14.1. The van der Waals surface area contributed by atoms with E-state index in [-0.39, 0.29) is 29.3 Å². The van der Waals surface area contributed by atoms with Crippen LogP contribution in [-0.4, -0.2) is 36.9 Å². The van der Waals surface area contributed by atoms with Crippen molar-refractivity contribution in [1.29, 1.82) is 0 Å². The van der Waals surface area contributed by atoms with E-state index in [1.54, 1.807) is 18.5 Å². The summed E-state index contributed by atoms with van der Waals surface area (Å²) >= 11 is 0. The quantitative estimate of drug-likeness (QED) is 0.424. The largest absolute Gasteiger partial charge is 0.504 e. The van der Waals surface area contributed by atoms with Crippen LogP contribution < -0.4 is 5.32 Å². The van der Waals surface area contributed by atoms with Crippen LogP contribution in [0, 0.1) is 11.7 Å². The highest BCUT2D eigenvalue weighted by Gasteiger charge is 2.48. The van der Waals surface area contributed by atoms with E-state index in [4.69, 9.17) is 4.74 Å². The number of carbonyl (C=O) groups is 2. The van der Waals surface area contributed by atoms with E-state index >= 15 is 0 Å². The summed E-state index contributed by atoms with van der Waals surface area (Å²) in [6, 6.07) is 4.98. The first-order chi connectivity index (χ1) is 15.4. The van der Waals surface area contributed by atoms with Crippen LogP contribution in [0.15, 0.2) is 42.9 Å². The van der Waals surface area contributed by atoms with Crippen molar-refractivity contribution in [2.75, 3.05) is 5.32 Å². The molecule has 0 radical (unpaired) electrons. The van der Waals surface area contributed by atoms with E-state index in [9.17, 15) is 24.2 Å². The number of hydrogen-bond acceptors (Lipinski definition) is 7. The normalized spacial score (nSPS) is 21.9. The molecule has 1 aliphatic heterocycles. The zero-order chi connectivity index (χ0) is 22.5. The van der Waals surface area contributed by atoms with Gasteiger partial charge in [0.1, 0.15) is 11.3 Å². The molecule has 2 aliphatic rings. The highest BCUT2D eigenvalue weighted by Crippen LogP contribution is 2.47. The first-order valence-corrected chi connectivity index (χ1v) is 10.1. The van der Waals surface area contributed by atoms with Crippen molar-refractivity contribution in [1.82, 2.24) is 14.8 Å². The van der Waals surface area contributed by atoms with Gasteiger partial charge in [-0.1, -0.05) is 0 Å². The summed E-state index contributed by atoms with van der Waals surface area (Å²) in [5.41, 5.74) is 0.510. The first kappa shape index (κ1) is 20.0. The summed E-state index contributed by atoms with van der Waals surface area (Å²) in [6.07, 6.45) is 6.73. The summed E-state index contributed by atoms with van der Waals surface area (Å²) in [7, 11) is 0. The van der Waals surface area contributed by atoms with E-state index < -0.39 is 22.9 Å². The number of anilines is 1. The molecule has 1 saturated carbocycles. The summed E-state index contributed by atoms with van der Waals surface area (Å²) in [5, 5.41) is 25.8. The predicted octanol–water partition coefficient (Wildman–Crippen LogP) is 3.01. The molecular formula is C22H19FN4O5. The molecule has 1 spiro atoms. The van der Waals surface area contributed by atoms with Gasteiger partial charge in [0.05, 0.1) is 5.56 Å². The maximum Gasteiger partial charge on any atom is 0.339 e. The van der Waals surface area contributed by atoms with Crippen molar-refractivity contribution in [2.24, 2.45) is 5.92 Å². The van der Waals surface area contributed by atoms with Gasteiger partial charge in [-0.2, -0.15) is 0 Å². The second kappa shape index (κ2) is 7.33. The summed E-state index contributed by atoms with van der Waals surface area (Å²) in [4.78, 5) is 29.1. The SMILES string of the molecule is O=C1OC2(CCC(C(=O)Nc3ccn(-c4cc(O)c(O)cc4F)n3)CC2)c2cnccc21. The van der Waals surface area contributed by atoms with Crippen molar-refractivity contribution in [3.63, 3.8) is 0 Å². The number of fused-ring (bicyclic) bond motifs is 2. The Bertz CT molecular complexity index is 1230. The van der Waals surface area contributed by atoms with Gasteiger partial charge in [0, 0.05) is 48.3 Å². The molecule has 5 rings (SSSR count). The molecule has 0 atom stereocenters. The maximum absolute atomic E-state index is 14.1. The molecule has 32 heavy (non-hydrogen) atoms. The number of amides is 1. The minimum atomic E-state index is -0.778. The number of pyridine rings is 1. The Hall–Kier alpha value is -3.95. The van der Waals surface area contributed by atoms with Crippen LogP contribution in [0.5, 0.6) is 11.5 Å². The fourth-order valence-corrected chi connectivity index (χ4v) is 4.41. The molecule has 3 N–H and O–H groups in total. The van der Waals surface area contributed by atoms with Gasteiger partial charge in [-0.25, -0.2) is 13.9 Å². The molecule has 1 aromatic carbocycles. The molecule has 10 heteroatoms. The minimum absolute atomic E-state index is 0.0734. The Labute approximate surface area is 181 Å². The Morgan fingerprint density at radius 2 is 1.97 bits per heavy atom. The van der Waals surface area contributed by atoms with Crippen molar-refractivity contribution < 1.29 is 28.9 Å². The number of nitrogens with zero attached hydrogens (tertiary/aromatic N) is 3. The molecule has 1 aliphatic carbocycles. The van der Waals surface area contributed by atoms with Crippen LogP contribution in [0.2, 0.25) is 0 Å². The molecule has 0 saturated heterocycles. The van der Waals surface area contributed by atoms with Crippen molar-refractivity contribution >= 4 is 17.7 Å². The second-order valence-corrected chi connectivity index (χ2v) is 8.01. The summed E-state index contributed by atoms with van der Waals surface area (Å²) < 4.78 is 20.9. The van der Waals surface area contributed by atoms with Gasteiger partial charge in [-0.15, -0.1) is 5.10 Å². The van der Waals surface area contributed by atoms with Gasteiger partial charge in [0.2, 0.25) is 5.91 Å². The molecule has 0 unspecified atom stereocenters. The zero-order valence-corrected chi connectivity index (χ0v) is 16.8. The van der Waals surface area contributed by atoms with E-state index in [1.165, 1.54) is 12.3 Å². The summed E-state index contributed by atoms with van der Waals surface area (Å²) in [6.45, 7) is 0. The van der Waals surface area contributed by atoms with Crippen LogP contribution in [0.1, 0.15) is 41.6 Å². The zero-order valence-electron chi connectivity index (χ0n) is 16.8. The average Bonchev–Trinajstić information content (AvgIpc) is 3.34. The molecule has 3 heterocycles. The van der Waals surface area contributed by atoms with Gasteiger partial charge in [-0.3, -0.25) is 9.78 Å². The first-order valence-electron chi connectivity index (χ1n) is 10.1. The van der Waals surface area contributed by atoms with Crippen molar-refractivity contribution in [3.05, 3.63) is 59.8 Å². The standard InChI is InChI=1S/C22H19FN4O5/c23-15-9-17(28)18(29)10-16(15)27-8-4-19(26-27)25-20(30)12-1-5-22(6-2-12)14-11-24-7-3-13(14)21(31)32-22/h3-4,7-12,28-29H,1-2,5-6H2,(H,25,26,30). The lowest BCUT2D eigenvalue weighted by Gasteiger charge is -2.35. The number of halogens is 1. The number of phenolic OH excluding ortho intramolecular Hbond substituents is 2. The number of hydrogen-bond donors (Lipinski definition) is 3. The smallest absolute Gasteiger partial charge is 0.339 e. The molecule has 1 amide bonds. The minimum Gasteiger partial charge on any atom is -0.504 e. The van der Waals surface area contributed by atoms with E-state index in [1.807, 2.05) is 0 Å². The Morgan fingerprint density at radius 1 is 1.22 bits per heavy atom. The number of aromatic hydroxyl groups is 2. The van der Waals surface area contributed by atoms with E-state index in [2.05, 4.69) is 15.4 Å². The van der Waals surface area contributed by atoms with Gasteiger partial charge < -0.3 is 20.3 Å². The molecule has 2 aromatic heterocycles. The number of esters is 1. The lowest BCUT2D eigenvalue weighted by Crippen LogP contribution is -2.36. The summed E-state index contributed by atoms with van der Waals surface area (Å²) in [5.74, 6) is -2.49. The van der Waals surface area contributed by atoms with Crippen LogP contribution in [-0.2, 0) is 15.1 Å². The van der Waals surface area contributed by atoms with Crippen LogP contribution in [0.4, 0.5) is 10.2 Å². The Kier molecular flexibility index (Phi) is 4.58. The fraction of sp³-hybridized carbons (Fsp3) is 0.273. The molecule has 164 valence electrons. The predicted molar refractivity (Wildman–Crippen MR) is 109 cm³/mol. The van der Waals surface area contributed by atoms with Crippen molar-refractivity contribution in [3.8, 4) is 17.2 Å². The van der Waals surface area contributed by atoms with Gasteiger partial charge >= 0.3 is 5.97 Å². The topological polar surface area (TPSA) is 127 Å². The Balaban J connectivity index is 1.26. The number of ether oxygens (including phenoxy) is 1. The molecular weight excluding hydrogens is 419 g/mol. The molecule has 1 fully saturated rings. The monoisotopic (exact) mass is 438 g/mol. The average molecular weight is 438 g/mol. The van der Waals surface area contributed by atoms with Gasteiger partial charge in [0.15, 0.2) is 23.1 Å². The van der Waals surface area contributed by atoms with E-state index in [0.717, 1.165) is 22.4 Å². The lowest BCUT2D eigenvalue weighted by molar-refractivity contribution is -0.122. The Morgan fingerprint density at radius 3 is 2.75 bits per heavy atom. The fourth-order valence-electron chi connectivity index (χ4n) is 4.41. The second-order valence-electron chi connectivity index (χ2n) is 8.01. The number of aromatic nitrogens is 3. The van der Waals surface area contributed by atoms with Crippen LogP contribution in [0.25, 0.3) is 5.69 Å².